The van der Waals surface area contributed by atoms with Crippen molar-refractivity contribution in [1.82, 2.24) is 20.2 Å². The van der Waals surface area contributed by atoms with Gasteiger partial charge >= 0.3 is 0 Å². The van der Waals surface area contributed by atoms with E-state index in [0.29, 0.717) is 6.54 Å². The number of para-hydroxylation sites is 2. The second-order valence-electron chi connectivity index (χ2n) is 6.99. The van der Waals surface area contributed by atoms with E-state index in [1.165, 1.54) is 0 Å². The van der Waals surface area contributed by atoms with Crippen molar-refractivity contribution in [1.29, 1.82) is 0 Å². The van der Waals surface area contributed by atoms with E-state index in [-0.39, 0.29) is 30.3 Å². The average Bonchev–Trinajstić information content (AvgIpc) is 3.35. The summed E-state index contributed by atoms with van der Waals surface area (Å²) in [5.74, 6) is 1.29. The van der Waals surface area contributed by atoms with Crippen molar-refractivity contribution in [2.24, 2.45) is 5.92 Å². The van der Waals surface area contributed by atoms with Crippen molar-refractivity contribution in [3.8, 4) is 0 Å². The van der Waals surface area contributed by atoms with Crippen molar-refractivity contribution >= 4 is 22.8 Å². The first-order valence-electron chi connectivity index (χ1n) is 9.06. The van der Waals surface area contributed by atoms with Gasteiger partial charge in [0.1, 0.15) is 12.4 Å². The molecule has 1 aliphatic rings. The number of fused-ring (bicyclic) bond motifs is 1. The predicted octanol–water partition coefficient (Wildman–Crippen LogP) is 2.02. The lowest BCUT2D eigenvalue weighted by molar-refractivity contribution is -0.122. The van der Waals surface area contributed by atoms with Crippen LogP contribution in [0.1, 0.15) is 38.9 Å². The molecule has 1 aromatic heterocycles. The van der Waals surface area contributed by atoms with Crippen LogP contribution in [0.4, 0.5) is 0 Å². The molecule has 1 aromatic carbocycles. The normalized spacial score (nSPS) is 14.0. The fourth-order valence-corrected chi connectivity index (χ4v) is 2.95. The highest BCUT2D eigenvalue weighted by atomic mass is 16.2. The Morgan fingerprint density at radius 3 is 2.76 bits per heavy atom. The molecule has 6 heteroatoms. The highest BCUT2D eigenvalue weighted by Crippen LogP contribution is 2.28. The molecule has 0 saturated heterocycles. The van der Waals surface area contributed by atoms with Gasteiger partial charge in [-0.3, -0.25) is 9.59 Å². The minimum absolute atomic E-state index is 0.0126. The molecule has 0 spiro atoms. The van der Waals surface area contributed by atoms with Crippen LogP contribution >= 0.6 is 0 Å². The van der Waals surface area contributed by atoms with Crippen LogP contribution in [-0.2, 0) is 22.6 Å². The van der Waals surface area contributed by atoms with Gasteiger partial charge in [0.25, 0.3) is 0 Å². The first-order chi connectivity index (χ1) is 12.0. The topological polar surface area (TPSA) is 76.0 Å². The van der Waals surface area contributed by atoms with Crippen LogP contribution in [0.5, 0.6) is 0 Å². The molecule has 0 atom stereocenters. The van der Waals surface area contributed by atoms with Crippen LogP contribution in [0.3, 0.4) is 0 Å². The zero-order valence-electron chi connectivity index (χ0n) is 14.9. The highest BCUT2D eigenvalue weighted by molar-refractivity contribution is 5.81. The van der Waals surface area contributed by atoms with E-state index in [1.54, 1.807) is 0 Å². The van der Waals surface area contributed by atoms with Crippen LogP contribution in [0.25, 0.3) is 11.0 Å². The summed E-state index contributed by atoms with van der Waals surface area (Å²) in [5.41, 5.74) is 1.87. The fourth-order valence-electron chi connectivity index (χ4n) is 2.95. The van der Waals surface area contributed by atoms with Crippen LogP contribution < -0.4 is 10.6 Å². The Balaban J connectivity index is 1.66. The quantitative estimate of drug-likeness (QED) is 0.721. The Morgan fingerprint density at radius 2 is 2.04 bits per heavy atom. The number of amides is 2. The van der Waals surface area contributed by atoms with Gasteiger partial charge < -0.3 is 15.2 Å². The van der Waals surface area contributed by atoms with Gasteiger partial charge in [-0.1, -0.05) is 12.1 Å². The smallest absolute Gasteiger partial charge is 0.240 e. The van der Waals surface area contributed by atoms with E-state index in [2.05, 4.69) is 15.6 Å². The number of benzene rings is 1. The van der Waals surface area contributed by atoms with Gasteiger partial charge in [0, 0.05) is 24.9 Å². The Bertz CT molecular complexity index is 762. The highest BCUT2D eigenvalue weighted by Gasteiger charge is 2.29. The van der Waals surface area contributed by atoms with E-state index in [1.807, 2.05) is 42.7 Å². The number of hydrogen-bond donors (Lipinski definition) is 2. The predicted molar refractivity (Wildman–Crippen MR) is 97.1 cm³/mol. The third-order valence-corrected chi connectivity index (χ3v) is 4.31. The van der Waals surface area contributed by atoms with Crippen LogP contribution in [0.2, 0.25) is 0 Å². The first-order valence-corrected chi connectivity index (χ1v) is 9.06. The van der Waals surface area contributed by atoms with E-state index in [4.69, 9.17) is 0 Å². The third kappa shape index (κ3) is 4.59. The number of hydrogen-bond acceptors (Lipinski definition) is 3. The number of rotatable bonds is 8. The summed E-state index contributed by atoms with van der Waals surface area (Å²) in [5, 5.41) is 5.91. The maximum atomic E-state index is 12.2. The molecule has 2 amide bonds. The van der Waals surface area contributed by atoms with Gasteiger partial charge in [-0.05, 0) is 45.2 Å². The van der Waals surface area contributed by atoms with Gasteiger partial charge in [0.15, 0.2) is 0 Å². The molecular formula is C19H26N4O2. The summed E-state index contributed by atoms with van der Waals surface area (Å²) >= 11 is 0. The number of imidazole rings is 1. The van der Waals surface area contributed by atoms with Crippen molar-refractivity contribution in [3.05, 3.63) is 30.1 Å². The maximum Gasteiger partial charge on any atom is 0.240 e. The lowest BCUT2D eigenvalue weighted by Gasteiger charge is -2.12. The summed E-state index contributed by atoms with van der Waals surface area (Å²) in [6, 6.07) is 7.98. The molecule has 0 unspecified atom stereocenters. The molecule has 2 aromatic rings. The first kappa shape index (κ1) is 17.5. The molecule has 1 saturated carbocycles. The fraction of sp³-hybridized carbons (Fsp3) is 0.526. The summed E-state index contributed by atoms with van der Waals surface area (Å²) in [6.45, 7) is 4.82. The molecule has 1 heterocycles. The van der Waals surface area contributed by atoms with E-state index in [0.717, 1.165) is 42.5 Å². The third-order valence-electron chi connectivity index (χ3n) is 4.31. The van der Waals surface area contributed by atoms with Crippen LogP contribution in [0.15, 0.2) is 24.3 Å². The largest absolute Gasteiger partial charge is 0.356 e. The summed E-state index contributed by atoms with van der Waals surface area (Å²) in [6.07, 6.45) is 3.58. The second-order valence-corrected chi connectivity index (χ2v) is 6.99. The number of aromatic nitrogens is 2. The Labute approximate surface area is 148 Å². The Hall–Kier alpha value is -2.37. The van der Waals surface area contributed by atoms with Crippen molar-refractivity contribution < 1.29 is 9.59 Å². The SMILES string of the molecule is CC(C)NC(=O)Cn1c(CCCNC(=O)C2CC2)nc2ccccc21. The van der Waals surface area contributed by atoms with Crippen molar-refractivity contribution in [3.63, 3.8) is 0 Å². The molecular weight excluding hydrogens is 316 g/mol. The van der Waals surface area contributed by atoms with Gasteiger partial charge in [0.2, 0.25) is 11.8 Å². The summed E-state index contributed by atoms with van der Waals surface area (Å²) in [4.78, 5) is 28.6. The summed E-state index contributed by atoms with van der Waals surface area (Å²) < 4.78 is 1.98. The van der Waals surface area contributed by atoms with E-state index < -0.39 is 0 Å². The Morgan fingerprint density at radius 1 is 1.28 bits per heavy atom. The standard InChI is InChI=1S/C19H26N4O2/c1-13(2)21-18(24)12-23-16-7-4-3-6-15(16)22-17(23)8-5-11-20-19(25)14-9-10-14/h3-4,6-7,13-14H,5,8-12H2,1-2H3,(H,20,25)(H,21,24). The van der Waals surface area contributed by atoms with Gasteiger partial charge in [-0.25, -0.2) is 4.98 Å². The molecule has 134 valence electrons. The molecule has 0 radical (unpaired) electrons. The number of carbonyl (C=O) groups is 2. The monoisotopic (exact) mass is 342 g/mol. The van der Waals surface area contributed by atoms with E-state index in [9.17, 15) is 9.59 Å². The van der Waals surface area contributed by atoms with Crippen LogP contribution in [-0.4, -0.2) is 34.0 Å². The zero-order valence-corrected chi connectivity index (χ0v) is 14.9. The number of aryl methyl sites for hydroxylation is 1. The molecule has 25 heavy (non-hydrogen) atoms. The lowest BCUT2D eigenvalue weighted by Crippen LogP contribution is -2.33. The van der Waals surface area contributed by atoms with Crippen LogP contribution in [0, 0.1) is 5.92 Å². The second kappa shape index (κ2) is 7.68. The van der Waals surface area contributed by atoms with Gasteiger partial charge in [0.05, 0.1) is 11.0 Å². The molecule has 1 fully saturated rings. The van der Waals surface area contributed by atoms with Gasteiger partial charge in [-0.2, -0.15) is 0 Å². The molecule has 0 aliphatic heterocycles. The molecule has 1 aliphatic carbocycles. The number of nitrogens with zero attached hydrogens (tertiary/aromatic N) is 2. The zero-order chi connectivity index (χ0) is 17.8. The minimum atomic E-state index is -0.0126. The Kier molecular flexibility index (Phi) is 5.36. The maximum absolute atomic E-state index is 12.2. The van der Waals surface area contributed by atoms with Crippen molar-refractivity contribution in [2.45, 2.75) is 52.1 Å². The molecule has 3 rings (SSSR count). The summed E-state index contributed by atoms with van der Waals surface area (Å²) in [7, 11) is 0. The van der Waals surface area contributed by atoms with Gasteiger partial charge in [-0.15, -0.1) is 0 Å². The van der Waals surface area contributed by atoms with E-state index >= 15 is 0 Å². The molecule has 0 bridgehead atoms. The van der Waals surface area contributed by atoms with Crippen molar-refractivity contribution in [2.75, 3.05) is 6.54 Å². The number of nitrogens with one attached hydrogen (secondary N) is 2. The average molecular weight is 342 g/mol. The lowest BCUT2D eigenvalue weighted by atomic mass is 10.2. The minimum Gasteiger partial charge on any atom is -0.356 e. The number of carbonyl (C=O) groups excluding carboxylic acids is 2. The molecule has 2 N–H and O–H groups in total. The molecule has 6 nitrogen and oxygen atoms in total.